The molecule has 0 saturated heterocycles. The third-order valence-electron chi connectivity index (χ3n) is 3.57. The number of benzene rings is 2. The smallest absolute Gasteiger partial charge is 0.328 e. The summed E-state index contributed by atoms with van der Waals surface area (Å²) in [6, 6.07) is 12.2. The van der Waals surface area contributed by atoms with Crippen molar-refractivity contribution in [2.75, 3.05) is 13.7 Å². The summed E-state index contributed by atoms with van der Waals surface area (Å²) in [5.74, 6) is -1.24. The zero-order valence-electron chi connectivity index (χ0n) is 14.3. The number of hydrogen-bond acceptors (Lipinski definition) is 5. The van der Waals surface area contributed by atoms with Crippen LogP contribution < -0.4 is 10.1 Å². The Kier molecular flexibility index (Phi) is 6.74. The van der Waals surface area contributed by atoms with Gasteiger partial charge in [-0.15, -0.1) is 0 Å². The maximum atomic E-state index is 12.2. The number of halogens is 1. The molecule has 2 rings (SSSR count). The van der Waals surface area contributed by atoms with Crippen molar-refractivity contribution >= 4 is 29.3 Å². The fourth-order valence-corrected chi connectivity index (χ4v) is 2.41. The molecule has 6 nitrogen and oxygen atoms in total. The normalized spacial score (nSPS) is 11.3. The Balaban J connectivity index is 1.92. The highest BCUT2D eigenvalue weighted by Gasteiger charge is 2.21. The quantitative estimate of drug-likeness (QED) is 0.594. The number of esters is 1. The van der Waals surface area contributed by atoms with Crippen molar-refractivity contribution in [2.45, 2.75) is 13.0 Å². The maximum absolute atomic E-state index is 12.2. The first-order chi connectivity index (χ1) is 12.4. The van der Waals surface area contributed by atoms with Gasteiger partial charge in [0.1, 0.15) is 11.8 Å². The number of ether oxygens (including phenoxy) is 2. The minimum absolute atomic E-state index is 0.249. The van der Waals surface area contributed by atoms with Crippen LogP contribution in [0.3, 0.4) is 0 Å². The Morgan fingerprint density at radius 1 is 1.04 bits per heavy atom. The number of methoxy groups -OCH3 is 1. The van der Waals surface area contributed by atoms with Gasteiger partial charge in [0.2, 0.25) is 5.78 Å². The first kappa shape index (κ1) is 19.5. The lowest BCUT2D eigenvalue weighted by molar-refractivity contribution is -0.144. The molecule has 2 aromatic carbocycles. The van der Waals surface area contributed by atoms with E-state index in [0.29, 0.717) is 11.3 Å². The van der Waals surface area contributed by atoms with Crippen molar-refractivity contribution in [3.63, 3.8) is 0 Å². The first-order valence-corrected chi connectivity index (χ1v) is 8.20. The summed E-state index contributed by atoms with van der Waals surface area (Å²) in [5.41, 5.74) is 0.564. The van der Waals surface area contributed by atoms with Gasteiger partial charge in [0.25, 0.3) is 5.91 Å². The van der Waals surface area contributed by atoms with E-state index in [9.17, 15) is 14.4 Å². The van der Waals surface area contributed by atoms with Crippen LogP contribution in [0, 0.1) is 0 Å². The molecule has 0 radical (unpaired) electrons. The SMILES string of the molecule is COc1ccccc1C(=O)COC(=O)C(C)NC(=O)c1ccccc1Cl. The molecule has 1 atom stereocenters. The van der Waals surface area contributed by atoms with Crippen molar-refractivity contribution in [1.82, 2.24) is 5.32 Å². The van der Waals surface area contributed by atoms with Gasteiger partial charge in [-0.25, -0.2) is 4.79 Å². The van der Waals surface area contributed by atoms with Crippen LogP contribution in [0.4, 0.5) is 0 Å². The van der Waals surface area contributed by atoms with Crippen molar-refractivity contribution in [3.05, 3.63) is 64.7 Å². The van der Waals surface area contributed by atoms with Gasteiger partial charge in [-0.05, 0) is 31.2 Å². The molecule has 0 aliphatic heterocycles. The molecule has 136 valence electrons. The summed E-state index contributed by atoms with van der Waals surface area (Å²) >= 11 is 5.95. The monoisotopic (exact) mass is 375 g/mol. The molecule has 0 aliphatic carbocycles. The van der Waals surface area contributed by atoms with E-state index in [4.69, 9.17) is 21.1 Å². The Bertz CT molecular complexity index is 821. The van der Waals surface area contributed by atoms with Gasteiger partial charge < -0.3 is 14.8 Å². The van der Waals surface area contributed by atoms with E-state index in [-0.39, 0.29) is 10.6 Å². The predicted molar refractivity (Wildman–Crippen MR) is 96.7 cm³/mol. The molecule has 7 heteroatoms. The van der Waals surface area contributed by atoms with Gasteiger partial charge in [0.15, 0.2) is 6.61 Å². The molecule has 0 spiro atoms. The lowest BCUT2D eigenvalue weighted by Crippen LogP contribution is -2.40. The second kappa shape index (κ2) is 9.01. The Hall–Kier alpha value is -2.86. The number of ketones is 1. The van der Waals surface area contributed by atoms with Crippen LogP contribution in [0.5, 0.6) is 5.75 Å². The van der Waals surface area contributed by atoms with Crippen LogP contribution >= 0.6 is 11.6 Å². The van der Waals surface area contributed by atoms with Crippen LogP contribution in [-0.4, -0.2) is 37.4 Å². The van der Waals surface area contributed by atoms with Crippen LogP contribution in [-0.2, 0) is 9.53 Å². The van der Waals surface area contributed by atoms with Crippen LogP contribution in [0.15, 0.2) is 48.5 Å². The van der Waals surface area contributed by atoms with Crippen molar-refractivity contribution in [2.24, 2.45) is 0 Å². The Morgan fingerprint density at radius 2 is 1.65 bits per heavy atom. The van der Waals surface area contributed by atoms with Crippen LogP contribution in [0.1, 0.15) is 27.6 Å². The minimum atomic E-state index is -0.941. The highest BCUT2D eigenvalue weighted by atomic mass is 35.5. The zero-order chi connectivity index (χ0) is 19.1. The number of para-hydroxylation sites is 1. The van der Waals surface area contributed by atoms with E-state index < -0.39 is 30.3 Å². The van der Waals surface area contributed by atoms with Crippen LogP contribution in [0.25, 0.3) is 0 Å². The number of nitrogens with one attached hydrogen (secondary N) is 1. The fourth-order valence-electron chi connectivity index (χ4n) is 2.19. The van der Waals surface area contributed by atoms with Gasteiger partial charge in [-0.2, -0.15) is 0 Å². The number of amides is 1. The number of rotatable bonds is 7. The molecule has 0 aromatic heterocycles. The molecule has 1 amide bonds. The molecule has 2 aromatic rings. The average Bonchev–Trinajstić information content (AvgIpc) is 2.65. The zero-order valence-corrected chi connectivity index (χ0v) is 15.1. The lowest BCUT2D eigenvalue weighted by atomic mass is 10.1. The third kappa shape index (κ3) is 4.83. The van der Waals surface area contributed by atoms with Crippen molar-refractivity contribution in [1.29, 1.82) is 0 Å². The van der Waals surface area contributed by atoms with E-state index in [1.165, 1.54) is 14.0 Å². The third-order valence-corrected chi connectivity index (χ3v) is 3.90. The summed E-state index contributed by atoms with van der Waals surface area (Å²) in [6.45, 7) is 1.01. The molecular weight excluding hydrogens is 358 g/mol. The topological polar surface area (TPSA) is 81.7 Å². The first-order valence-electron chi connectivity index (χ1n) is 7.82. The number of hydrogen-bond donors (Lipinski definition) is 1. The highest BCUT2D eigenvalue weighted by Crippen LogP contribution is 2.18. The summed E-state index contributed by atoms with van der Waals surface area (Å²) in [5, 5.41) is 2.76. The molecule has 1 N–H and O–H groups in total. The minimum Gasteiger partial charge on any atom is -0.496 e. The van der Waals surface area contributed by atoms with Gasteiger partial charge in [-0.3, -0.25) is 9.59 Å². The maximum Gasteiger partial charge on any atom is 0.328 e. The van der Waals surface area contributed by atoms with E-state index in [2.05, 4.69) is 5.32 Å². The lowest BCUT2D eigenvalue weighted by Gasteiger charge is -2.14. The summed E-state index contributed by atoms with van der Waals surface area (Å²) in [6.07, 6.45) is 0. The van der Waals surface area contributed by atoms with E-state index in [0.717, 1.165) is 0 Å². The molecule has 0 aliphatic rings. The van der Waals surface area contributed by atoms with E-state index in [1.807, 2.05) is 0 Å². The largest absolute Gasteiger partial charge is 0.496 e. The number of carbonyl (C=O) groups is 3. The second-order valence-corrected chi connectivity index (χ2v) is 5.81. The number of carbonyl (C=O) groups excluding carboxylic acids is 3. The van der Waals surface area contributed by atoms with Crippen molar-refractivity contribution in [3.8, 4) is 5.75 Å². The standard InChI is InChI=1S/C19H18ClNO5/c1-12(21-18(23)13-7-3-5-9-15(13)20)19(24)26-11-16(22)14-8-4-6-10-17(14)25-2/h3-10,12H,11H2,1-2H3,(H,21,23). The Labute approximate surface area is 156 Å². The summed E-state index contributed by atoms with van der Waals surface area (Å²) in [7, 11) is 1.45. The van der Waals surface area contributed by atoms with Gasteiger partial charge in [0.05, 0.1) is 23.3 Å². The van der Waals surface area contributed by atoms with Crippen molar-refractivity contribution < 1.29 is 23.9 Å². The second-order valence-electron chi connectivity index (χ2n) is 5.41. The highest BCUT2D eigenvalue weighted by molar-refractivity contribution is 6.33. The number of Topliss-reactive ketones (excluding diaryl/α,β-unsaturated/α-hetero) is 1. The molecule has 1 unspecified atom stereocenters. The molecule has 0 fully saturated rings. The van der Waals surface area contributed by atoms with E-state index in [1.54, 1.807) is 48.5 Å². The fraction of sp³-hybridized carbons (Fsp3) is 0.211. The van der Waals surface area contributed by atoms with Gasteiger partial charge in [0, 0.05) is 0 Å². The summed E-state index contributed by atoms with van der Waals surface area (Å²) in [4.78, 5) is 36.3. The van der Waals surface area contributed by atoms with Gasteiger partial charge in [-0.1, -0.05) is 35.9 Å². The predicted octanol–water partition coefficient (Wildman–Crippen LogP) is 2.89. The molecule has 0 bridgehead atoms. The molecule has 0 saturated carbocycles. The Morgan fingerprint density at radius 3 is 2.31 bits per heavy atom. The molecule has 0 heterocycles. The van der Waals surface area contributed by atoms with Gasteiger partial charge >= 0.3 is 5.97 Å². The molecule has 26 heavy (non-hydrogen) atoms. The average molecular weight is 376 g/mol. The molecular formula is C19H18ClNO5. The summed E-state index contributed by atoms with van der Waals surface area (Å²) < 4.78 is 10.1. The van der Waals surface area contributed by atoms with E-state index >= 15 is 0 Å². The van der Waals surface area contributed by atoms with Crippen LogP contribution in [0.2, 0.25) is 5.02 Å².